The summed E-state index contributed by atoms with van der Waals surface area (Å²) in [4.78, 5) is 45.7. The van der Waals surface area contributed by atoms with Crippen molar-refractivity contribution in [1.29, 1.82) is 0 Å². The summed E-state index contributed by atoms with van der Waals surface area (Å²) in [5.41, 5.74) is 2.33. The predicted molar refractivity (Wildman–Crippen MR) is 127 cm³/mol. The summed E-state index contributed by atoms with van der Waals surface area (Å²) in [6.45, 7) is 6.81. The number of ketones is 1. The molecule has 0 N–H and O–H groups in total. The number of Topliss-reactive ketones (excluding diaryl/α,β-unsaturated/α-hetero) is 1. The largest absolute Gasteiger partial charge is 0.338 e. The van der Waals surface area contributed by atoms with Crippen molar-refractivity contribution >= 4 is 11.7 Å². The van der Waals surface area contributed by atoms with Gasteiger partial charge in [-0.2, -0.15) is 0 Å². The molecule has 0 radical (unpaired) electrons. The molecule has 1 aromatic carbocycles. The Morgan fingerprint density at radius 1 is 1.15 bits per heavy atom. The monoisotopic (exact) mass is 446 g/mol. The number of pyridine rings is 1. The Balaban J connectivity index is 1.64. The third-order valence-corrected chi connectivity index (χ3v) is 6.45. The standard InChI is InChI=1S/C26H30N4O3/c1-17(2)19-7-5-9-21(15-19)30-13-10-18(3)22(26(30)33)25(32)29-12-6-8-20(16-29)23(31)24-27-11-14-28(24)4/h5,7,9-11,13-15,17,20H,6,8,12,16H2,1-4H3. The molecule has 3 aromatic rings. The van der Waals surface area contributed by atoms with Crippen LogP contribution in [0.1, 0.15) is 64.7 Å². The summed E-state index contributed by atoms with van der Waals surface area (Å²) in [5, 5.41) is 0. The van der Waals surface area contributed by atoms with Gasteiger partial charge in [-0.1, -0.05) is 26.0 Å². The van der Waals surface area contributed by atoms with Crippen LogP contribution in [0.15, 0.2) is 53.7 Å². The van der Waals surface area contributed by atoms with Gasteiger partial charge in [-0.3, -0.25) is 19.0 Å². The number of benzene rings is 1. The minimum Gasteiger partial charge on any atom is -0.338 e. The molecule has 0 aliphatic carbocycles. The molecule has 7 nitrogen and oxygen atoms in total. The summed E-state index contributed by atoms with van der Waals surface area (Å²) in [7, 11) is 1.79. The molecule has 0 spiro atoms. The third-order valence-electron chi connectivity index (χ3n) is 6.45. The number of aryl methyl sites for hydroxylation is 2. The second kappa shape index (κ2) is 9.17. The van der Waals surface area contributed by atoms with Crippen LogP contribution in [-0.2, 0) is 7.05 Å². The maximum Gasteiger partial charge on any atom is 0.268 e. The number of carbonyl (C=O) groups is 2. The van der Waals surface area contributed by atoms with Gasteiger partial charge in [-0.05, 0) is 55.0 Å². The fraction of sp³-hybridized carbons (Fsp3) is 0.385. The number of rotatable bonds is 5. The maximum absolute atomic E-state index is 13.5. The molecule has 172 valence electrons. The Labute approximate surface area is 193 Å². The van der Waals surface area contributed by atoms with Gasteiger partial charge in [0.2, 0.25) is 5.78 Å². The highest BCUT2D eigenvalue weighted by Gasteiger charge is 2.32. The molecule has 3 heterocycles. The minimum atomic E-state index is -0.335. The van der Waals surface area contributed by atoms with Gasteiger partial charge < -0.3 is 9.47 Å². The number of nitrogens with zero attached hydrogens (tertiary/aromatic N) is 4. The van der Waals surface area contributed by atoms with Crippen LogP contribution in [0.2, 0.25) is 0 Å². The van der Waals surface area contributed by atoms with E-state index in [2.05, 4.69) is 18.8 Å². The summed E-state index contributed by atoms with van der Waals surface area (Å²) >= 11 is 0. The van der Waals surface area contributed by atoms with Gasteiger partial charge in [0.05, 0.1) is 0 Å². The molecule has 1 unspecified atom stereocenters. The van der Waals surface area contributed by atoms with Crippen LogP contribution in [0.3, 0.4) is 0 Å². The first-order valence-electron chi connectivity index (χ1n) is 11.4. The van der Waals surface area contributed by atoms with Crippen molar-refractivity contribution < 1.29 is 9.59 Å². The van der Waals surface area contributed by atoms with E-state index >= 15 is 0 Å². The van der Waals surface area contributed by atoms with Crippen LogP contribution in [0, 0.1) is 12.8 Å². The molecule has 1 aliphatic rings. The molecule has 2 aromatic heterocycles. The van der Waals surface area contributed by atoms with E-state index in [4.69, 9.17) is 0 Å². The van der Waals surface area contributed by atoms with Crippen molar-refractivity contribution in [3.05, 3.63) is 81.8 Å². The van der Waals surface area contributed by atoms with Crippen LogP contribution in [0.5, 0.6) is 0 Å². The molecule has 1 aliphatic heterocycles. The summed E-state index contributed by atoms with van der Waals surface area (Å²) in [5.74, 6) is 0.0287. The van der Waals surface area contributed by atoms with E-state index in [1.807, 2.05) is 24.3 Å². The van der Waals surface area contributed by atoms with Gasteiger partial charge in [-0.15, -0.1) is 0 Å². The summed E-state index contributed by atoms with van der Waals surface area (Å²) < 4.78 is 3.24. The number of aromatic nitrogens is 3. The van der Waals surface area contributed by atoms with Gasteiger partial charge in [0.1, 0.15) is 5.56 Å². The van der Waals surface area contributed by atoms with Crippen LogP contribution >= 0.6 is 0 Å². The average molecular weight is 447 g/mol. The first-order chi connectivity index (χ1) is 15.8. The number of hydrogen-bond donors (Lipinski definition) is 0. The van der Waals surface area contributed by atoms with E-state index in [0.29, 0.717) is 43.2 Å². The quantitative estimate of drug-likeness (QED) is 0.560. The van der Waals surface area contributed by atoms with E-state index < -0.39 is 0 Å². The highest BCUT2D eigenvalue weighted by atomic mass is 16.2. The summed E-state index contributed by atoms with van der Waals surface area (Å²) in [6.07, 6.45) is 6.47. The first kappa shape index (κ1) is 22.7. The molecule has 0 bridgehead atoms. The van der Waals surface area contributed by atoms with Crippen molar-refractivity contribution in [2.45, 2.75) is 39.5 Å². The van der Waals surface area contributed by atoms with E-state index in [9.17, 15) is 14.4 Å². The number of imidazole rings is 1. The van der Waals surface area contributed by atoms with Gasteiger partial charge in [0.15, 0.2) is 5.82 Å². The maximum atomic E-state index is 13.5. The van der Waals surface area contributed by atoms with Crippen LogP contribution in [0.25, 0.3) is 5.69 Å². The Morgan fingerprint density at radius 2 is 1.94 bits per heavy atom. The van der Waals surface area contributed by atoms with Crippen LogP contribution in [0.4, 0.5) is 0 Å². The minimum absolute atomic E-state index is 0.0623. The zero-order chi connectivity index (χ0) is 23.7. The van der Waals surface area contributed by atoms with Gasteiger partial charge in [0, 0.05) is 50.3 Å². The summed E-state index contributed by atoms with van der Waals surface area (Å²) in [6, 6.07) is 9.62. The fourth-order valence-corrected chi connectivity index (χ4v) is 4.44. The molecule has 1 amide bonds. The lowest BCUT2D eigenvalue weighted by molar-refractivity contribution is 0.0630. The Hall–Kier alpha value is -3.48. The topological polar surface area (TPSA) is 77.2 Å². The van der Waals surface area contributed by atoms with Gasteiger partial charge in [-0.25, -0.2) is 4.98 Å². The van der Waals surface area contributed by atoms with Crippen molar-refractivity contribution in [2.24, 2.45) is 13.0 Å². The second-order valence-electron chi connectivity index (χ2n) is 9.11. The lowest BCUT2D eigenvalue weighted by Gasteiger charge is -2.32. The average Bonchev–Trinajstić information content (AvgIpc) is 3.24. The third kappa shape index (κ3) is 4.40. The first-order valence-corrected chi connectivity index (χ1v) is 11.4. The Kier molecular flexibility index (Phi) is 6.31. The lowest BCUT2D eigenvalue weighted by atomic mass is 9.92. The Bertz CT molecular complexity index is 1250. The normalized spacial score (nSPS) is 16.3. The molecule has 0 saturated carbocycles. The van der Waals surface area contributed by atoms with Crippen molar-refractivity contribution in [2.75, 3.05) is 13.1 Å². The molecule has 1 atom stereocenters. The van der Waals surface area contributed by atoms with E-state index in [1.165, 1.54) is 4.57 Å². The molecular formula is C26H30N4O3. The smallest absolute Gasteiger partial charge is 0.268 e. The van der Waals surface area contributed by atoms with E-state index in [1.54, 1.807) is 48.1 Å². The molecule has 1 fully saturated rings. The zero-order valence-electron chi connectivity index (χ0n) is 19.6. The molecule has 33 heavy (non-hydrogen) atoms. The highest BCUT2D eigenvalue weighted by molar-refractivity contribution is 5.98. The van der Waals surface area contributed by atoms with Gasteiger partial charge in [0.25, 0.3) is 11.5 Å². The predicted octanol–water partition coefficient (Wildman–Crippen LogP) is 3.74. The van der Waals surface area contributed by atoms with E-state index in [0.717, 1.165) is 11.3 Å². The fourth-order valence-electron chi connectivity index (χ4n) is 4.44. The molecule has 4 rings (SSSR count). The zero-order valence-corrected chi connectivity index (χ0v) is 19.6. The van der Waals surface area contributed by atoms with Crippen molar-refractivity contribution in [1.82, 2.24) is 19.0 Å². The Morgan fingerprint density at radius 3 is 2.64 bits per heavy atom. The SMILES string of the molecule is Cc1ccn(-c2cccc(C(C)C)c2)c(=O)c1C(=O)N1CCCC(C(=O)c2nccn2C)C1. The van der Waals surface area contributed by atoms with Gasteiger partial charge >= 0.3 is 0 Å². The van der Waals surface area contributed by atoms with Crippen molar-refractivity contribution in [3.8, 4) is 5.69 Å². The molecule has 1 saturated heterocycles. The molecule has 7 heteroatoms. The number of hydrogen-bond acceptors (Lipinski definition) is 4. The van der Waals surface area contributed by atoms with Crippen molar-refractivity contribution in [3.63, 3.8) is 0 Å². The number of carbonyl (C=O) groups excluding carboxylic acids is 2. The van der Waals surface area contributed by atoms with E-state index in [-0.39, 0.29) is 28.7 Å². The molecular weight excluding hydrogens is 416 g/mol. The highest BCUT2D eigenvalue weighted by Crippen LogP contribution is 2.23. The number of piperidine rings is 1. The number of likely N-dealkylation sites (tertiary alicyclic amines) is 1. The number of amides is 1. The van der Waals surface area contributed by atoms with Crippen LogP contribution < -0.4 is 5.56 Å². The second-order valence-corrected chi connectivity index (χ2v) is 9.11. The van der Waals surface area contributed by atoms with Crippen LogP contribution in [-0.4, -0.2) is 43.8 Å². The lowest BCUT2D eigenvalue weighted by Crippen LogP contribution is -2.45.